The molecule has 1 aliphatic rings. The SMILES string of the molecule is NC(CCc1ccc2c(c1)CCO2)Cc1ccsc1. The van der Waals surface area contributed by atoms with Crippen LogP contribution in [0.5, 0.6) is 5.75 Å². The number of nitrogens with two attached hydrogens (primary N) is 1. The average molecular weight is 273 g/mol. The second kappa shape index (κ2) is 5.76. The van der Waals surface area contributed by atoms with E-state index in [1.165, 1.54) is 16.7 Å². The van der Waals surface area contributed by atoms with Crippen LogP contribution < -0.4 is 10.5 Å². The van der Waals surface area contributed by atoms with Crippen molar-refractivity contribution in [2.24, 2.45) is 5.73 Å². The van der Waals surface area contributed by atoms with E-state index in [0.29, 0.717) is 0 Å². The lowest BCUT2D eigenvalue weighted by Gasteiger charge is -2.11. The number of thiophene rings is 1. The van der Waals surface area contributed by atoms with E-state index in [0.717, 1.165) is 38.0 Å². The Morgan fingerprint density at radius 1 is 1.26 bits per heavy atom. The Balaban J connectivity index is 1.54. The molecule has 1 aromatic carbocycles. The van der Waals surface area contributed by atoms with Gasteiger partial charge in [0.25, 0.3) is 0 Å². The third-order valence-corrected chi connectivity index (χ3v) is 4.37. The van der Waals surface area contributed by atoms with Crippen LogP contribution in [0.3, 0.4) is 0 Å². The van der Waals surface area contributed by atoms with Gasteiger partial charge in [0.05, 0.1) is 6.61 Å². The second-order valence-corrected chi connectivity index (χ2v) is 5.96. The van der Waals surface area contributed by atoms with E-state index in [9.17, 15) is 0 Å². The molecule has 2 heterocycles. The normalized spacial score (nSPS) is 15.0. The van der Waals surface area contributed by atoms with Crippen molar-refractivity contribution < 1.29 is 4.74 Å². The van der Waals surface area contributed by atoms with E-state index >= 15 is 0 Å². The van der Waals surface area contributed by atoms with Gasteiger partial charge in [-0.2, -0.15) is 11.3 Å². The molecule has 3 rings (SSSR count). The Hall–Kier alpha value is -1.32. The maximum absolute atomic E-state index is 6.21. The first-order chi connectivity index (χ1) is 9.31. The number of rotatable bonds is 5. The van der Waals surface area contributed by atoms with Gasteiger partial charge in [-0.25, -0.2) is 0 Å². The zero-order chi connectivity index (χ0) is 13.1. The van der Waals surface area contributed by atoms with Crippen LogP contribution in [0.2, 0.25) is 0 Å². The minimum Gasteiger partial charge on any atom is -0.493 e. The minimum absolute atomic E-state index is 0.249. The lowest BCUT2D eigenvalue weighted by molar-refractivity contribution is 0.357. The molecule has 1 unspecified atom stereocenters. The molecule has 2 aromatic rings. The van der Waals surface area contributed by atoms with E-state index in [2.05, 4.69) is 35.0 Å². The Kier molecular flexibility index (Phi) is 3.85. The van der Waals surface area contributed by atoms with Gasteiger partial charge in [-0.1, -0.05) is 12.1 Å². The fourth-order valence-corrected chi connectivity index (χ4v) is 3.24. The van der Waals surface area contributed by atoms with Gasteiger partial charge >= 0.3 is 0 Å². The van der Waals surface area contributed by atoms with Crippen LogP contribution in [0, 0.1) is 0 Å². The summed E-state index contributed by atoms with van der Waals surface area (Å²) in [7, 11) is 0. The Morgan fingerprint density at radius 2 is 2.21 bits per heavy atom. The fourth-order valence-electron chi connectivity index (χ4n) is 2.56. The molecule has 2 N–H and O–H groups in total. The summed E-state index contributed by atoms with van der Waals surface area (Å²) in [5.41, 5.74) is 10.3. The van der Waals surface area contributed by atoms with Crippen molar-refractivity contribution in [1.82, 2.24) is 0 Å². The van der Waals surface area contributed by atoms with Gasteiger partial charge in [0, 0.05) is 12.5 Å². The average Bonchev–Trinajstić information content (AvgIpc) is 3.06. The molecule has 0 spiro atoms. The maximum Gasteiger partial charge on any atom is 0.122 e. The van der Waals surface area contributed by atoms with E-state index in [1.807, 2.05) is 0 Å². The number of fused-ring (bicyclic) bond motifs is 1. The molecule has 0 bridgehead atoms. The van der Waals surface area contributed by atoms with Crippen LogP contribution in [0.4, 0.5) is 0 Å². The minimum atomic E-state index is 0.249. The third-order valence-electron chi connectivity index (χ3n) is 3.64. The molecule has 2 nitrogen and oxygen atoms in total. The molecule has 3 heteroatoms. The molecular formula is C16H19NOS. The van der Waals surface area contributed by atoms with Crippen LogP contribution in [0.1, 0.15) is 23.1 Å². The summed E-state index contributed by atoms with van der Waals surface area (Å²) < 4.78 is 5.53. The van der Waals surface area contributed by atoms with Crippen LogP contribution >= 0.6 is 11.3 Å². The first kappa shape index (κ1) is 12.7. The van der Waals surface area contributed by atoms with E-state index < -0.39 is 0 Å². The molecule has 100 valence electrons. The van der Waals surface area contributed by atoms with Gasteiger partial charge < -0.3 is 10.5 Å². The standard InChI is InChI=1S/C16H19NOS/c17-15(10-13-6-8-19-11-13)3-1-12-2-4-16-14(9-12)5-7-18-16/h2,4,6,8-9,11,15H,1,3,5,7,10,17H2. The highest BCUT2D eigenvalue weighted by atomic mass is 32.1. The first-order valence-electron chi connectivity index (χ1n) is 6.82. The lowest BCUT2D eigenvalue weighted by Crippen LogP contribution is -2.23. The van der Waals surface area contributed by atoms with Gasteiger partial charge in [-0.15, -0.1) is 0 Å². The van der Waals surface area contributed by atoms with Crippen LogP contribution in [-0.2, 0) is 19.3 Å². The second-order valence-electron chi connectivity index (χ2n) is 5.18. The van der Waals surface area contributed by atoms with Gasteiger partial charge in [0.15, 0.2) is 0 Å². The van der Waals surface area contributed by atoms with Crippen molar-refractivity contribution in [3.8, 4) is 5.75 Å². The fraction of sp³-hybridized carbons (Fsp3) is 0.375. The highest BCUT2D eigenvalue weighted by Gasteiger charge is 2.12. The molecule has 1 aliphatic heterocycles. The molecule has 0 amide bonds. The first-order valence-corrected chi connectivity index (χ1v) is 7.77. The molecule has 0 radical (unpaired) electrons. The monoisotopic (exact) mass is 273 g/mol. The summed E-state index contributed by atoms with van der Waals surface area (Å²) in [6.45, 7) is 0.830. The van der Waals surface area contributed by atoms with E-state index in [-0.39, 0.29) is 6.04 Å². The van der Waals surface area contributed by atoms with E-state index in [4.69, 9.17) is 10.5 Å². The zero-order valence-corrected chi connectivity index (χ0v) is 11.8. The Bertz CT molecular complexity index is 536. The molecular weight excluding hydrogens is 254 g/mol. The predicted molar refractivity (Wildman–Crippen MR) is 80.0 cm³/mol. The molecule has 1 atom stereocenters. The van der Waals surface area contributed by atoms with Crippen molar-refractivity contribution in [2.75, 3.05) is 6.61 Å². The molecule has 19 heavy (non-hydrogen) atoms. The maximum atomic E-state index is 6.21. The molecule has 0 saturated heterocycles. The molecule has 0 aliphatic carbocycles. The van der Waals surface area contributed by atoms with Crippen molar-refractivity contribution in [3.63, 3.8) is 0 Å². The largest absolute Gasteiger partial charge is 0.493 e. The van der Waals surface area contributed by atoms with Crippen molar-refractivity contribution in [1.29, 1.82) is 0 Å². The van der Waals surface area contributed by atoms with Crippen LogP contribution in [0.25, 0.3) is 0 Å². The smallest absolute Gasteiger partial charge is 0.122 e. The summed E-state index contributed by atoms with van der Waals surface area (Å²) in [4.78, 5) is 0. The van der Waals surface area contributed by atoms with Crippen molar-refractivity contribution in [2.45, 2.75) is 31.7 Å². The Morgan fingerprint density at radius 3 is 3.05 bits per heavy atom. The number of aryl methyl sites for hydroxylation is 1. The van der Waals surface area contributed by atoms with Gasteiger partial charge in [-0.3, -0.25) is 0 Å². The Labute approximate surface area is 118 Å². The number of hydrogen-bond donors (Lipinski definition) is 1. The highest BCUT2D eigenvalue weighted by Crippen LogP contribution is 2.26. The number of ether oxygens (including phenoxy) is 1. The van der Waals surface area contributed by atoms with Gasteiger partial charge in [0.2, 0.25) is 0 Å². The van der Waals surface area contributed by atoms with Crippen molar-refractivity contribution >= 4 is 11.3 Å². The van der Waals surface area contributed by atoms with Crippen LogP contribution in [0.15, 0.2) is 35.0 Å². The highest BCUT2D eigenvalue weighted by molar-refractivity contribution is 7.07. The van der Waals surface area contributed by atoms with Gasteiger partial charge in [0.1, 0.15) is 5.75 Å². The number of benzene rings is 1. The molecule has 1 aromatic heterocycles. The summed E-state index contributed by atoms with van der Waals surface area (Å²) in [5.74, 6) is 1.06. The quantitative estimate of drug-likeness (QED) is 0.908. The lowest BCUT2D eigenvalue weighted by atomic mass is 9.99. The van der Waals surface area contributed by atoms with E-state index in [1.54, 1.807) is 11.3 Å². The summed E-state index contributed by atoms with van der Waals surface area (Å²) in [5, 5.41) is 4.30. The number of hydrogen-bond acceptors (Lipinski definition) is 3. The topological polar surface area (TPSA) is 35.2 Å². The summed E-state index contributed by atoms with van der Waals surface area (Å²) in [6.07, 6.45) is 4.12. The molecule has 0 saturated carbocycles. The van der Waals surface area contributed by atoms with Crippen LogP contribution in [-0.4, -0.2) is 12.6 Å². The summed E-state index contributed by atoms with van der Waals surface area (Å²) >= 11 is 1.74. The zero-order valence-electron chi connectivity index (χ0n) is 11.0. The molecule has 0 fully saturated rings. The van der Waals surface area contributed by atoms with Crippen molar-refractivity contribution in [3.05, 3.63) is 51.7 Å². The third kappa shape index (κ3) is 3.17. The summed E-state index contributed by atoms with van der Waals surface area (Å²) in [6, 6.07) is 8.96. The van der Waals surface area contributed by atoms with Gasteiger partial charge in [-0.05, 0) is 58.8 Å². The predicted octanol–water partition coefficient (Wildman–Crippen LogP) is 3.19.